The molecule has 0 bridgehead atoms. The Balaban J connectivity index is 1.76. The van der Waals surface area contributed by atoms with Gasteiger partial charge in [0.15, 0.2) is 0 Å². The van der Waals surface area contributed by atoms with Crippen LogP contribution in [0.5, 0.6) is 0 Å². The summed E-state index contributed by atoms with van der Waals surface area (Å²) in [4.78, 5) is 2.43. The fraction of sp³-hybridized carbons (Fsp3) is 0.250. The molecular weight excluding hydrogens is 360 g/mol. The number of nitrogens with one attached hydrogen (secondary N) is 2. The lowest BCUT2D eigenvalue weighted by Crippen LogP contribution is -2.22. The molecule has 0 unspecified atom stereocenters. The molecule has 0 spiro atoms. The average molecular weight is 385 g/mol. The minimum Gasteiger partial charge on any atom is -0.367 e. The number of sulfonamides is 1. The molecule has 2 N–H and O–H groups in total. The van der Waals surface area contributed by atoms with E-state index in [1.165, 1.54) is 5.56 Å². The topological polar surface area (TPSA) is 78.1 Å². The fourth-order valence-electron chi connectivity index (χ4n) is 3.07. The number of aryl methyl sites for hydroxylation is 2. The summed E-state index contributed by atoms with van der Waals surface area (Å²) in [5, 5.41) is 6.67. The zero-order valence-electron chi connectivity index (χ0n) is 15.7. The SMILES string of the molecule is CCN(Cc1ccccc1)c1ccc(NS(=O)(=O)c2c(C)n[nH]c2C)cc1. The van der Waals surface area contributed by atoms with E-state index in [2.05, 4.69) is 38.9 Å². The second-order valence-electron chi connectivity index (χ2n) is 6.42. The van der Waals surface area contributed by atoms with E-state index in [1.807, 2.05) is 30.3 Å². The summed E-state index contributed by atoms with van der Waals surface area (Å²) in [5.74, 6) is 0. The van der Waals surface area contributed by atoms with Crippen molar-refractivity contribution >= 4 is 21.4 Å². The molecule has 142 valence electrons. The van der Waals surface area contributed by atoms with Gasteiger partial charge >= 0.3 is 0 Å². The van der Waals surface area contributed by atoms with Crippen molar-refractivity contribution in [2.24, 2.45) is 0 Å². The normalized spacial score (nSPS) is 11.4. The summed E-state index contributed by atoms with van der Waals surface area (Å²) in [7, 11) is -3.68. The molecule has 3 aromatic rings. The Kier molecular flexibility index (Phi) is 5.51. The Morgan fingerprint density at radius 2 is 1.70 bits per heavy atom. The third kappa shape index (κ3) is 4.31. The van der Waals surface area contributed by atoms with Gasteiger partial charge in [-0.05, 0) is 50.6 Å². The molecule has 6 nitrogen and oxygen atoms in total. The van der Waals surface area contributed by atoms with Crippen LogP contribution in [0.1, 0.15) is 23.9 Å². The van der Waals surface area contributed by atoms with E-state index in [-0.39, 0.29) is 4.90 Å². The Bertz CT molecular complexity index is 977. The summed E-state index contributed by atoms with van der Waals surface area (Å²) < 4.78 is 27.9. The molecule has 0 atom stereocenters. The van der Waals surface area contributed by atoms with Crippen molar-refractivity contribution in [2.45, 2.75) is 32.2 Å². The maximum absolute atomic E-state index is 12.6. The first-order valence-electron chi connectivity index (χ1n) is 8.84. The average Bonchev–Trinajstić information content (AvgIpc) is 3.00. The first-order valence-corrected chi connectivity index (χ1v) is 10.3. The van der Waals surface area contributed by atoms with Crippen LogP contribution in [0.15, 0.2) is 59.5 Å². The van der Waals surface area contributed by atoms with Gasteiger partial charge in [0.2, 0.25) is 0 Å². The molecule has 0 aliphatic heterocycles. The highest BCUT2D eigenvalue weighted by Gasteiger charge is 2.22. The van der Waals surface area contributed by atoms with E-state index in [1.54, 1.807) is 26.0 Å². The molecule has 3 rings (SSSR count). The van der Waals surface area contributed by atoms with Crippen LogP contribution >= 0.6 is 0 Å². The highest BCUT2D eigenvalue weighted by Crippen LogP contribution is 2.24. The van der Waals surface area contributed by atoms with Crippen LogP contribution in [-0.4, -0.2) is 25.2 Å². The van der Waals surface area contributed by atoms with Gasteiger partial charge in [0.1, 0.15) is 4.90 Å². The maximum Gasteiger partial charge on any atom is 0.265 e. The molecule has 1 aromatic heterocycles. The van der Waals surface area contributed by atoms with E-state index in [9.17, 15) is 8.42 Å². The number of nitrogens with zero attached hydrogens (tertiary/aromatic N) is 2. The number of aromatic amines is 1. The summed E-state index contributed by atoms with van der Waals surface area (Å²) in [6.45, 7) is 7.12. The Morgan fingerprint density at radius 3 is 2.26 bits per heavy atom. The molecule has 0 fully saturated rings. The van der Waals surface area contributed by atoms with Crippen LogP contribution in [0.4, 0.5) is 11.4 Å². The van der Waals surface area contributed by atoms with Gasteiger partial charge in [0.25, 0.3) is 10.0 Å². The van der Waals surface area contributed by atoms with Crippen LogP contribution in [0.3, 0.4) is 0 Å². The van der Waals surface area contributed by atoms with Crippen molar-refractivity contribution in [3.05, 3.63) is 71.5 Å². The summed E-state index contributed by atoms with van der Waals surface area (Å²) in [6.07, 6.45) is 0. The lowest BCUT2D eigenvalue weighted by molar-refractivity contribution is 0.600. The van der Waals surface area contributed by atoms with Crippen LogP contribution in [0, 0.1) is 13.8 Å². The van der Waals surface area contributed by atoms with Crippen molar-refractivity contribution in [1.29, 1.82) is 0 Å². The van der Waals surface area contributed by atoms with Gasteiger partial charge in [-0.3, -0.25) is 9.82 Å². The number of aromatic nitrogens is 2. The molecule has 0 saturated heterocycles. The summed E-state index contributed by atoms with van der Waals surface area (Å²) in [5.41, 5.74) is 3.78. The largest absolute Gasteiger partial charge is 0.367 e. The van der Waals surface area contributed by atoms with Gasteiger partial charge in [-0.1, -0.05) is 30.3 Å². The molecule has 0 saturated carbocycles. The van der Waals surface area contributed by atoms with Gasteiger partial charge in [-0.25, -0.2) is 8.42 Å². The number of benzene rings is 2. The molecule has 2 aromatic carbocycles. The minimum atomic E-state index is -3.68. The third-order valence-corrected chi connectivity index (χ3v) is 6.06. The van der Waals surface area contributed by atoms with Gasteiger partial charge in [-0.2, -0.15) is 5.10 Å². The lowest BCUT2D eigenvalue weighted by Gasteiger charge is -2.23. The van der Waals surface area contributed by atoms with Crippen molar-refractivity contribution in [3.63, 3.8) is 0 Å². The van der Waals surface area contributed by atoms with E-state index in [4.69, 9.17) is 0 Å². The van der Waals surface area contributed by atoms with Gasteiger partial charge < -0.3 is 4.90 Å². The summed E-state index contributed by atoms with van der Waals surface area (Å²) >= 11 is 0. The predicted molar refractivity (Wildman–Crippen MR) is 108 cm³/mol. The fourth-order valence-corrected chi connectivity index (χ4v) is 4.50. The van der Waals surface area contributed by atoms with E-state index in [0.29, 0.717) is 17.1 Å². The Hall–Kier alpha value is -2.80. The molecule has 0 amide bonds. The van der Waals surface area contributed by atoms with Gasteiger partial charge in [0.05, 0.1) is 11.4 Å². The molecule has 1 heterocycles. The summed E-state index contributed by atoms with van der Waals surface area (Å²) in [6, 6.07) is 17.7. The van der Waals surface area contributed by atoms with Crippen molar-refractivity contribution < 1.29 is 8.42 Å². The Labute approximate surface area is 160 Å². The lowest BCUT2D eigenvalue weighted by atomic mass is 10.2. The zero-order valence-corrected chi connectivity index (χ0v) is 16.5. The first kappa shape index (κ1) is 19.0. The van der Waals surface area contributed by atoms with E-state index < -0.39 is 10.0 Å². The van der Waals surface area contributed by atoms with Crippen LogP contribution in [0.2, 0.25) is 0 Å². The van der Waals surface area contributed by atoms with Crippen LogP contribution < -0.4 is 9.62 Å². The zero-order chi connectivity index (χ0) is 19.4. The van der Waals surface area contributed by atoms with E-state index in [0.717, 1.165) is 18.8 Å². The maximum atomic E-state index is 12.6. The number of hydrogen-bond donors (Lipinski definition) is 2. The number of H-pyrrole nitrogens is 1. The standard InChI is InChI=1S/C20H24N4O2S/c1-4-24(14-17-8-6-5-7-9-17)19-12-10-18(11-13-19)23-27(25,26)20-15(2)21-22-16(20)3/h5-13,23H,4,14H2,1-3H3,(H,21,22). The Morgan fingerprint density at radius 1 is 1.04 bits per heavy atom. The second-order valence-corrected chi connectivity index (χ2v) is 8.03. The molecule has 0 aliphatic rings. The monoisotopic (exact) mass is 384 g/mol. The number of rotatable bonds is 7. The third-order valence-electron chi connectivity index (χ3n) is 4.41. The molecular formula is C20H24N4O2S. The van der Waals surface area contributed by atoms with Crippen LogP contribution in [-0.2, 0) is 16.6 Å². The molecule has 27 heavy (non-hydrogen) atoms. The van der Waals surface area contributed by atoms with Gasteiger partial charge in [-0.15, -0.1) is 0 Å². The number of anilines is 2. The molecule has 7 heteroatoms. The predicted octanol–water partition coefficient (Wildman–Crippen LogP) is 3.85. The van der Waals surface area contributed by atoms with Crippen molar-refractivity contribution in [1.82, 2.24) is 10.2 Å². The molecule has 0 aliphatic carbocycles. The van der Waals surface area contributed by atoms with Crippen molar-refractivity contribution in [2.75, 3.05) is 16.2 Å². The first-order chi connectivity index (χ1) is 12.9. The highest BCUT2D eigenvalue weighted by atomic mass is 32.2. The quantitative estimate of drug-likeness (QED) is 0.648. The van der Waals surface area contributed by atoms with Crippen molar-refractivity contribution in [3.8, 4) is 0 Å². The highest BCUT2D eigenvalue weighted by molar-refractivity contribution is 7.92. The number of hydrogen-bond acceptors (Lipinski definition) is 4. The smallest absolute Gasteiger partial charge is 0.265 e. The minimum absolute atomic E-state index is 0.200. The van der Waals surface area contributed by atoms with Crippen LogP contribution in [0.25, 0.3) is 0 Å². The van der Waals surface area contributed by atoms with E-state index >= 15 is 0 Å². The molecule has 0 radical (unpaired) electrons. The van der Waals surface area contributed by atoms with Gasteiger partial charge in [0, 0.05) is 24.5 Å². The second kappa shape index (κ2) is 7.84.